The molecule has 0 radical (unpaired) electrons. The number of nitrogens with zero attached hydrogens (tertiary/aromatic N) is 2. The first-order valence-corrected chi connectivity index (χ1v) is 7.23. The highest BCUT2D eigenvalue weighted by molar-refractivity contribution is 6.40. The number of aromatic nitrogens is 2. The molecule has 2 aromatic heterocycles. The van der Waals surface area contributed by atoms with Crippen LogP contribution in [0.4, 0.5) is 0 Å². The molecule has 0 aliphatic rings. The van der Waals surface area contributed by atoms with Crippen molar-refractivity contribution in [1.82, 2.24) is 9.97 Å². The van der Waals surface area contributed by atoms with Gasteiger partial charge in [-0.1, -0.05) is 53.0 Å². The van der Waals surface area contributed by atoms with E-state index in [2.05, 4.69) is 9.97 Å². The van der Waals surface area contributed by atoms with E-state index in [4.69, 9.17) is 39.2 Å². The van der Waals surface area contributed by atoms with Gasteiger partial charge in [0.05, 0.1) is 11.8 Å². The van der Waals surface area contributed by atoms with Crippen LogP contribution in [0.5, 0.6) is 0 Å². The zero-order chi connectivity index (χ0) is 15.0. The molecular weight excluding hydrogens is 331 g/mol. The molecule has 3 aromatic rings. The molecule has 0 aliphatic heterocycles. The van der Waals surface area contributed by atoms with E-state index >= 15 is 0 Å². The summed E-state index contributed by atoms with van der Waals surface area (Å²) in [5.74, 6) is 0.896. The largest absolute Gasteiger partial charge is 0.461 e. The Morgan fingerprint density at radius 1 is 0.952 bits per heavy atom. The average Bonchev–Trinajstić information content (AvgIpc) is 2.86. The van der Waals surface area contributed by atoms with Gasteiger partial charge in [0.1, 0.15) is 10.3 Å². The lowest BCUT2D eigenvalue weighted by Gasteiger charge is -2.09. The van der Waals surface area contributed by atoms with Gasteiger partial charge in [-0.25, -0.2) is 9.97 Å². The predicted octanol–water partition coefficient (Wildman–Crippen LogP) is 5.67. The molecule has 0 unspecified atom stereocenters. The number of furan rings is 1. The van der Waals surface area contributed by atoms with Crippen molar-refractivity contribution in [3.63, 3.8) is 0 Å². The van der Waals surface area contributed by atoms with Crippen molar-refractivity contribution in [3.8, 4) is 22.7 Å². The first-order chi connectivity index (χ1) is 10.1. The Balaban J connectivity index is 2.18. The molecule has 0 saturated carbocycles. The fraction of sp³-hybridized carbons (Fsp3) is 0.0667. The van der Waals surface area contributed by atoms with Crippen LogP contribution in [-0.4, -0.2) is 9.97 Å². The van der Waals surface area contributed by atoms with Gasteiger partial charge in [0, 0.05) is 10.6 Å². The summed E-state index contributed by atoms with van der Waals surface area (Å²) >= 11 is 18.7. The zero-order valence-electron chi connectivity index (χ0n) is 10.9. The van der Waals surface area contributed by atoms with Crippen LogP contribution in [0.15, 0.2) is 41.0 Å². The summed E-state index contributed by atoms with van der Waals surface area (Å²) in [4.78, 5) is 8.54. The van der Waals surface area contributed by atoms with E-state index < -0.39 is 0 Å². The molecule has 0 amide bonds. The predicted molar refractivity (Wildman–Crippen MR) is 84.9 cm³/mol. The van der Waals surface area contributed by atoms with Crippen LogP contribution < -0.4 is 0 Å². The quantitative estimate of drug-likeness (QED) is 0.564. The van der Waals surface area contributed by atoms with Crippen molar-refractivity contribution < 1.29 is 4.42 Å². The van der Waals surface area contributed by atoms with Gasteiger partial charge in [-0.05, 0) is 24.6 Å². The Morgan fingerprint density at radius 3 is 2.19 bits per heavy atom. The number of rotatable bonds is 2. The van der Waals surface area contributed by atoms with Gasteiger partial charge in [0.15, 0.2) is 11.6 Å². The lowest BCUT2D eigenvalue weighted by Crippen LogP contribution is -1.95. The van der Waals surface area contributed by atoms with Crippen molar-refractivity contribution in [3.05, 3.63) is 57.5 Å². The van der Waals surface area contributed by atoms with Crippen molar-refractivity contribution in [1.29, 1.82) is 0 Å². The Labute approximate surface area is 136 Å². The summed E-state index contributed by atoms with van der Waals surface area (Å²) < 4.78 is 5.36. The number of benzene rings is 1. The molecule has 3 nitrogen and oxygen atoms in total. The molecule has 0 saturated heterocycles. The van der Waals surface area contributed by atoms with Crippen LogP contribution in [0, 0.1) is 6.92 Å². The second-order valence-corrected chi connectivity index (χ2v) is 5.54. The molecule has 3 rings (SSSR count). The van der Waals surface area contributed by atoms with E-state index in [1.54, 1.807) is 12.3 Å². The molecule has 0 spiro atoms. The normalized spacial score (nSPS) is 10.9. The van der Waals surface area contributed by atoms with Gasteiger partial charge in [-0.2, -0.15) is 0 Å². The van der Waals surface area contributed by atoms with Crippen molar-refractivity contribution in [2.75, 3.05) is 0 Å². The van der Waals surface area contributed by atoms with Gasteiger partial charge < -0.3 is 4.42 Å². The monoisotopic (exact) mass is 338 g/mol. The molecule has 0 bridgehead atoms. The fourth-order valence-corrected chi connectivity index (χ4v) is 2.82. The van der Waals surface area contributed by atoms with Crippen molar-refractivity contribution >= 4 is 34.8 Å². The average molecular weight is 340 g/mol. The molecule has 0 aliphatic carbocycles. The van der Waals surface area contributed by atoms with Gasteiger partial charge in [0.2, 0.25) is 0 Å². The third-order valence-electron chi connectivity index (χ3n) is 3.03. The van der Waals surface area contributed by atoms with E-state index in [1.807, 2.05) is 31.2 Å². The second kappa shape index (κ2) is 5.68. The Hall–Kier alpha value is -1.55. The number of halogens is 3. The van der Waals surface area contributed by atoms with Crippen LogP contribution in [0.25, 0.3) is 22.7 Å². The van der Waals surface area contributed by atoms with Crippen molar-refractivity contribution in [2.45, 2.75) is 6.92 Å². The molecule has 21 heavy (non-hydrogen) atoms. The van der Waals surface area contributed by atoms with E-state index in [1.165, 1.54) is 0 Å². The minimum absolute atomic E-state index is 0.230. The standard InChI is InChI=1S/C15H9Cl3N2O/c1-8-6-7-21-12(8)15-19-13(17)11(14(18)20-15)9-4-2-3-5-10(9)16/h2-7H,1H3. The van der Waals surface area contributed by atoms with Crippen LogP contribution in [0.2, 0.25) is 15.3 Å². The smallest absolute Gasteiger partial charge is 0.198 e. The van der Waals surface area contributed by atoms with Gasteiger partial charge in [0.25, 0.3) is 0 Å². The Kier molecular flexibility index (Phi) is 3.89. The maximum absolute atomic E-state index is 6.27. The SMILES string of the molecule is Cc1ccoc1-c1nc(Cl)c(-c2ccccc2Cl)c(Cl)n1. The highest BCUT2D eigenvalue weighted by atomic mass is 35.5. The third kappa shape index (κ3) is 2.64. The van der Waals surface area contributed by atoms with Gasteiger partial charge in [-0.15, -0.1) is 0 Å². The lowest BCUT2D eigenvalue weighted by atomic mass is 10.1. The first kappa shape index (κ1) is 14.4. The maximum atomic E-state index is 6.27. The molecule has 106 valence electrons. The van der Waals surface area contributed by atoms with E-state index in [0.29, 0.717) is 27.7 Å². The summed E-state index contributed by atoms with van der Waals surface area (Å²) in [7, 11) is 0. The topological polar surface area (TPSA) is 38.9 Å². The molecule has 2 heterocycles. The molecule has 0 fully saturated rings. The number of hydrogen-bond donors (Lipinski definition) is 0. The minimum atomic E-state index is 0.230. The van der Waals surface area contributed by atoms with Crippen molar-refractivity contribution in [2.24, 2.45) is 0 Å². The minimum Gasteiger partial charge on any atom is -0.461 e. The molecule has 0 atom stereocenters. The molecule has 6 heteroatoms. The van der Waals surface area contributed by atoms with E-state index in [0.717, 1.165) is 5.56 Å². The second-order valence-electron chi connectivity index (χ2n) is 4.42. The summed E-state index contributed by atoms with van der Waals surface area (Å²) in [6, 6.07) is 9.07. The third-order valence-corrected chi connectivity index (χ3v) is 3.91. The van der Waals surface area contributed by atoms with Crippen LogP contribution in [-0.2, 0) is 0 Å². The van der Waals surface area contributed by atoms with Crippen LogP contribution >= 0.6 is 34.8 Å². The lowest BCUT2D eigenvalue weighted by molar-refractivity contribution is 0.575. The summed E-state index contributed by atoms with van der Waals surface area (Å²) in [5, 5.41) is 0.995. The number of hydrogen-bond acceptors (Lipinski definition) is 3. The van der Waals surface area contributed by atoms with Crippen LogP contribution in [0.3, 0.4) is 0 Å². The molecule has 1 aromatic carbocycles. The summed E-state index contributed by atoms with van der Waals surface area (Å²) in [6.07, 6.45) is 1.57. The maximum Gasteiger partial charge on any atom is 0.198 e. The first-order valence-electron chi connectivity index (χ1n) is 6.10. The fourth-order valence-electron chi connectivity index (χ4n) is 2.00. The van der Waals surface area contributed by atoms with Gasteiger partial charge in [-0.3, -0.25) is 0 Å². The summed E-state index contributed by atoms with van der Waals surface area (Å²) in [6.45, 7) is 1.89. The Morgan fingerprint density at radius 2 is 1.62 bits per heavy atom. The molecule has 0 N–H and O–H groups in total. The highest BCUT2D eigenvalue weighted by Gasteiger charge is 2.18. The zero-order valence-corrected chi connectivity index (χ0v) is 13.2. The van der Waals surface area contributed by atoms with Gasteiger partial charge >= 0.3 is 0 Å². The van der Waals surface area contributed by atoms with E-state index in [-0.39, 0.29) is 10.3 Å². The molecular formula is C15H9Cl3N2O. The van der Waals surface area contributed by atoms with Crippen LogP contribution in [0.1, 0.15) is 5.56 Å². The Bertz CT molecular complexity index is 791. The summed E-state index contributed by atoms with van der Waals surface area (Å²) in [5.41, 5.74) is 2.11. The van der Waals surface area contributed by atoms with E-state index in [9.17, 15) is 0 Å². The number of aryl methyl sites for hydroxylation is 1. The highest BCUT2D eigenvalue weighted by Crippen LogP contribution is 2.38.